The number of hydrogen-bond donors (Lipinski definition) is 1. The Morgan fingerprint density at radius 2 is 2.58 bits per heavy atom. The van der Waals surface area contributed by atoms with Gasteiger partial charge in [-0.3, -0.25) is 5.32 Å². The van der Waals surface area contributed by atoms with Crippen LogP contribution in [0.25, 0.3) is 0 Å². The summed E-state index contributed by atoms with van der Waals surface area (Å²) in [5, 5.41) is 11.8. The van der Waals surface area contributed by atoms with Crippen LogP contribution in [0.5, 0.6) is 0 Å². The molecular formula is C8H12N4. The molecule has 1 aromatic heterocycles. The normalized spacial score (nSPS) is 12.4. The van der Waals surface area contributed by atoms with Crippen LogP contribution in [0, 0.1) is 11.3 Å². The predicted octanol–water partition coefficient (Wildman–Crippen LogP) is 0.594. The van der Waals surface area contributed by atoms with Crippen molar-refractivity contribution in [1.82, 2.24) is 14.9 Å². The van der Waals surface area contributed by atoms with E-state index >= 15 is 0 Å². The van der Waals surface area contributed by atoms with E-state index in [4.69, 9.17) is 5.26 Å². The second-order valence-corrected chi connectivity index (χ2v) is 2.58. The largest absolute Gasteiger partial charge is 0.340 e. The lowest BCUT2D eigenvalue weighted by Gasteiger charge is -2.04. The number of hydrogen-bond acceptors (Lipinski definition) is 3. The Kier molecular flexibility index (Phi) is 2.83. The van der Waals surface area contributed by atoms with Gasteiger partial charge in [0.2, 0.25) is 0 Å². The minimum Gasteiger partial charge on any atom is -0.340 e. The third kappa shape index (κ3) is 1.83. The van der Waals surface area contributed by atoms with Crippen LogP contribution in [-0.4, -0.2) is 16.1 Å². The molecular weight excluding hydrogens is 152 g/mol. The molecule has 0 aromatic carbocycles. The van der Waals surface area contributed by atoms with Crippen LogP contribution >= 0.6 is 0 Å². The van der Waals surface area contributed by atoms with Crippen molar-refractivity contribution >= 4 is 0 Å². The standard InChI is InChI=1S/C8H12N4/c1-3-10-7(4-9)8-5-12(2)6-11-8/h5-7,10H,3H2,1-2H3. The molecule has 1 aromatic rings. The van der Waals surface area contributed by atoms with Crippen molar-refractivity contribution in [2.24, 2.45) is 7.05 Å². The number of aromatic nitrogens is 2. The summed E-state index contributed by atoms with van der Waals surface area (Å²) in [6.07, 6.45) is 3.54. The van der Waals surface area contributed by atoms with Crippen molar-refractivity contribution < 1.29 is 0 Å². The molecule has 0 bridgehead atoms. The molecule has 0 amide bonds. The van der Waals surface area contributed by atoms with Gasteiger partial charge >= 0.3 is 0 Å². The van der Waals surface area contributed by atoms with Crippen molar-refractivity contribution in [2.45, 2.75) is 13.0 Å². The number of nitrogens with zero attached hydrogens (tertiary/aromatic N) is 3. The summed E-state index contributed by atoms with van der Waals surface area (Å²) in [5.41, 5.74) is 0.779. The molecule has 0 saturated heterocycles. The first kappa shape index (κ1) is 8.75. The summed E-state index contributed by atoms with van der Waals surface area (Å²) in [5.74, 6) is 0. The molecule has 4 nitrogen and oxygen atoms in total. The minimum atomic E-state index is -0.281. The highest BCUT2D eigenvalue weighted by Crippen LogP contribution is 2.07. The Hall–Kier alpha value is -1.34. The Morgan fingerprint density at radius 3 is 3.00 bits per heavy atom. The maximum Gasteiger partial charge on any atom is 0.140 e. The number of nitrogens with one attached hydrogen (secondary N) is 1. The van der Waals surface area contributed by atoms with Crippen molar-refractivity contribution in [2.75, 3.05) is 6.54 Å². The van der Waals surface area contributed by atoms with Crippen LogP contribution < -0.4 is 5.32 Å². The van der Waals surface area contributed by atoms with E-state index in [0.29, 0.717) is 0 Å². The molecule has 1 rings (SSSR count). The highest BCUT2D eigenvalue weighted by Gasteiger charge is 2.10. The minimum absolute atomic E-state index is 0.281. The molecule has 12 heavy (non-hydrogen) atoms. The fraction of sp³-hybridized carbons (Fsp3) is 0.500. The lowest BCUT2D eigenvalue weighted by Crippen LogP contribution is -2.19. The maximum atomic E-state index is 8.76. The van der Waals surface area contributed by atoms with E-state index in [1.54, 1.807) is 6.33 Å². The molecule has 1 atom stereocenters. The van der Waals surface area contributed by atoms with Gasteiger partial charge in [-0.25, -0.2) is 4.98 Å². The molecule has 0 radical (unpaired) electrons. The first-order valence-corrected chi connectivity index (χ1v) is 3.88. The Morgan fingerprint density at radius 1 is 1.83 bits per heavy atom. The van der Waals surface area contributed by atoms with Crippen LogP contribution in [0.3, 0.4) is 0 Å². The van der Waals surface area contributed by atoms with Crippen LogP contribution in [0.1, 0.15) is 18.7 Å². The smallest absolute Gasteiger partial charge is 0.140 e. The van der Waals surface area contributed by atoms with Crippen LogP contribution in [0.2, 0.25) is 0 Å². The van der Waals surface area contributed by atoms with Gasteiger partial charge in [0.05, 0.1) is 18.1 Å². The van der Waals surface area contributed by atoms with E-state index in [0.717, 1.165) is 12.2 Å². The summed E-state index contributed by atoms with van der Waals surface area (Å²) >= 11 is 0. The molecule has 0 spiro atoms. The molecule has 1 unspecified atom stereocenters. The summed E-state index contributed by atoms with van der Waals surface area (Å²) in [4.78, 5) is 4.08. The highest BCUT2D eigenvalue weighted by atomic mass is 15.0. The average molecular weight is 164 g/mol. The molecule has 1 N–H and O–H groups in total. The lowest BCUT2D eigenvalue weighted by atomic mass is 10.2. The van der Waals surface area contributed by atoms with Crippen LogP contribution in [0.4, 0.5) is 0 Å². The van der Waals surface area contributed by atoms with Gasteiger partial charge in [-0.2, -0.15) is 5.26 Å². The summed E-state index contributed by atoms with van der Waals surface area (Å²) in [6.45, 7) is 2.74. The Labute approximate surface area is 71.8 Å². The zero-order chi connectivity index (χ0) is 8.97. The van der Waals surface area contributed by atoms with E-state index in [1.165, 1.54) is 0 Å². The zero-order valence-electron chi connectivity index (χ0n) is 7.28. The first-order valence-electron chi connectivity index (χ1n) is 3.88. The van der Waals surface area contributed by atoms with Gasteiger partial charge in [0.25, 0.3) is 0 Å². The summed E-state index contributed by atoms with van der Waals surface area (Å²) < 4.78 is 1.83. The quantitative estimate of drug-likeness (QED) is 0.711. The van der Waals surface area contributed by atoms with Crippen molar-refractivity contribution in [3.63, 3.8) is 0 Å². The average Bonchev–Trinajstić information content (AvgIpc) is 2.47. The van der Waals surface area contributed by atoms with Crippen molar-refractivity contribution in [3.8, 4) is 6.07 Å². The van der Waals surface area contributed by atoms with Crippen LogP contribution in [0.15, 0.2) is 12.5 Å². The Balaban J connectivity index is 2.74. The fourth-order valence-electron chi connectivity index (χ4n) is 1.00. The maximum absolute atomic E-state index is 8.76. The second kappa shape index (κ2) is 3.88. The number of rotatable bonds is 3. The van der Waals surface area contributed by atoms with Gasteiger partial charge in [0.15, 0.2) is 0 Å². The van der Waals surface area contributed by atoms with Gasteiger partial charge < -0.3 is 4.57 Å². The molecule has 0 saturated carbocycles. The van der Waals surface area contributed by atoms with E-state index in [9.17, 15) is 0 Å². The third-order valence-electron chi connectivity index (χ3n) is 1.56. The molecule has 0 aliphatic rings. The number of aryl methyl sites for hydroxylation is 1. The monoisotopic (exact) mass is 164 g/mol. The second-order valence-electron chi connectivity index (χ2n) is 2.58. The number of imidazole rings is 1. The Bertz CT molecular complexity index is 283. The third-order valence-corrected chi connectivity index (χ3v) is 1.56. The predicted molar refractivity (Wildman–Crippen MR) is 45.2 cm³/mol. The van der Waals surface area contributed by atoms with Crippen molar-refractivity contribution in [3.05, 3.63) is 18.2 Å². The van der Waals surface area contributed by atoms with Gasteiger partial charge in [0.1, 0.15) is 6.04 Å². The lowest BCUT2D eigenvalue weighted by molar-refractivity contribution is 0.645. The summed E-state index contributed by atoms with van der Waals surface area (Å²) in [6, 6.07) is 1.86. The molecule has 0 aliphatic carbocycles. The van der Waals surface area contributed by atoms with E-state index in [2.05, 4.69) is 16.4 Å². The molecule has 0 aliphatic heterocycles. The van der Waals surface area contributed by atoms with Gasteiger partial charge in [-0.1, -0.05) is 6.92 Å². The molecule has 1 heterocycles. The fourth-order valence-corrected chi connectivity index (χ4v) is 1.00. The molecule has 0 fully saturated rings. The van der Waals surface area contributed by atoms with E-state index in [1.807, 2.05) is 24.7 Å². The number of nitriles is 1. The van der Waals surface area contributed by atoms with Gasteiger partial charge in [0, 0.05) is 13.2 Å². The zero-order valence-corrected chi connectivity index (χ0v) is 7.28. The highest BCUT2D eigenvalue weighted by molar-refractivity contribution is 5.12. The molecule has 4 heteroatoms. The SMILES string of the molecule is CCNC(C#N)c1cn(C)cn1. The molecule has 64 valence electrons. The van der Waals surface area contributed by atoms with Crippen molar-refractivity contribution in [1.29, 1.82) is 5.26 Å². The summed E-state index contributed by atoms with van der Waals surface area (Å²) in [7, 11) is 1.89. The van der Waals surface area contributed by atoms with Crippen LogP contribution in [-0.2, 0) is 7.05 Å². The van der Waals surface area contributed by atoms with E-state index < -0.39 is 0 Å². The van der Waals surface area contributed by atoms with Gasteiger partial charge in [-0.15, -0.1) is 0 Å². The van der Waals surface area contributed by atoms with E-state index in [-0.39, 0.29) is 6.04 Å². The first-order chi connectivity index (χ1) is 5.77. The van der Waals surface area contributed by atoms with Gasteiger partial charge in [-0.05, 0) is 6.54 Å². The topological polar surface area (TPSA) is 53.6 Å².